The quantitative estimate of drug-likeness (QED) is 0.451. The Kier molecular flexibility index (Phi) is 4.24. The number of hydrogen-bond donors (Lipinski definition) is 5. The topological polar surface area (TPSA) is 131 Å². The summed E-state index contributed by atoms with van der Waals surface area (Å²) < 4.78 is 4.97. The molecule has 0 aliphatic carbocycles. The summed E-state index contributed by atoms with van der Waals surface area (Å²) in [6, 6.07) is 1.07. The van der Waals surface area contributed by atoms with Gasteiger partial charge in [0.25, 0.3) is 0 Å². The molecule has 0 unspecified atom stereocenters. The molecule has 5 N–H and O–H groups in total. The number of carboxylic acid groups (broad SMARTS) is 1. The van der Waals surface area contributed by atoms with Crippen LogP contribution in [-0.4, -0.2) is 50.3 Å². The van der Waals surface area contributed by atoms with Gasteiger partial charge in [-0.25, -0.2) is 4.79 Å². The second-order valence-electron chi connectivity index (χ2n) is 3.61. The number of aryl methyl sites for hydroxylation is 1. The summed E-state index contributed by atoms with van der Waals surface area (Å²) in [6.07, 6.45) is -4.81. The van der Waals surface area contributed by atoms with E-state index in [2.05, 4.69) is 0 Å². The number of carboxylic acids is 1. The number of hydrogen-bond acceptors (Lipinski definition) is 6. The van der Waals surface area contributed by atoms with Gasteiger partial charge in [-0.15, -0.1) is 0 Å². The maximum atomic E-state index is 10.7. The predicted molar refractivity (Wildman–Crippen MR) is 54.5 cm³/mol. The van der Waals surface area contributed by atoms with Crippen molar-refractivity contribution in [1.82, 2.24) is 0 Å². The van der Waals surface area contributed by atoms with Crippen molar-refractivity contribution in [3.8, 4) is 0 Å². The van der Waals surface area contributed by atoms with Gasteiger partial charge in [0.2, 0.25) is 0 Å². The molecule has 0 bridgehead atoms. The van der Waals surface area contributed by atoms with E-state index in [1.54, 1.807) is 0 Å². The van der Waals surface area contributed by atoms with Crippen LogP contribution in [0.2, 0.25) is 0 Å². The van der Waals surface area contributed by atoms with Gasteiger partial charge < -0.3 is 29.9 Å². The molecule has 96 valence electrons. The third-order valence-electron chi connectivity index (χ3n) is 2.36. The smallest absolute Gasteiger partial charge is 0.339 e. The van der Waals surface area contributed by atoms with Crippen LogP contribution in [0.1, 0.15) is 28.0 Å². The summed E-state index contributed by atoms with van der Waals surface area (Å²) in [5.41, 5.74) is -0.135. The van der Waals surface area contributed by atoms with E-state index in [-0.39, 0.29) is 17.1 Å². The lowest BCUT2D eigenvalue weighted by atomic mass is 10.1. The fourth-order valence-electron chi connectivity index (χ4n) is 1.35. The molecule has 7 heteroatoms. The van der Waals surface area contributed by atoms with Crippen molar-refractivity contribution < 1.29 is 34.7 Å². The molecule has 0 aliphatic rings. The predicted octanol–water partition coefficient (Wildman–Crippen LogP) is -0.966. The fraction of sp³-hybridized carbons (Fsp3) is 0.500. The van der Waals surface area contributed by atoms with Gasteiger partial charge in [-0.1, -0.05) is 0 Å². The van der Waals surface area contributed by atoms with E-state index in [0.717, 1.165) is 6.07 Å². The average Bonchev–Trinajstić information content (AvgIpc) is 2.68. The summed E-state index contributed by atoms with van der Waals surface area (Å²) in [6.45, 7) is 0.665. The third-order valence-corrected chi connectivity index (χ3v) is 2.36. The lowest BCUT2D eigenvalue weighted by molar-refractivity contribution is -0.0837. The Hall–Kier alpha value is -1.41. The van der Waals surface area contributed by atoms with E-state index in [1.807, 2.05) is 0 Å². The number of furan rings is 1. The Bertz CT molecular complexity index is 397. The first-order chi connectivity index (χ1) is 7.88. The van der Waals surface area contributed by atoms with Crippen LogP contribution in [0.5, 0.6) is 0 Å². The normalized spacial score (nSPS) is 16.5. The van der Waals surface area contributed by atoms with Crippen LogP contribution in [0.3, 0.4) is 0 Å². The highest BCUT2D eigenvalue weighted by Crippen LogP contribution is 2.24. The molecule has 0 spiro atoms. The van der Waals surface area contributed by atoms with E-state index in [9.17, 15) is 15.0 Å². The molecular weight excluding hydrogens is 232 g/mol. The molecule has 0 aliphatic heterocycles. The number of aliphatic hydroxyl groups excluding tert-OH is 4. The standard InChI is InChI=1S/C10H14O7/c1-4-5(10(15)16)2-7(17-4)9(14)8(13)6(12)3-11/h2,6,8-9,11-14H,3H2,1H3,(H,15,16)/t6-,8+,9-/m1/s1. The summed E-state index contributed by atoms with van der Waals surface area (Å²) in [5, 5.41) is 45.5. The van der Waals surface area contributed by atoms with Gasteiger partial charge in [0.15, 0.2) is 0 Å². The number of aromatic carboxylic acids is 1. The Balaban J connectivity index is 2.93. The molecule has 17 heavy (non-hydrogen) atoms. The summed E-state index contributed by atoms with van der Waals surface area (Å²) in [7, 11) is 0. The van der Waals surface area contributed by atoms with Gasteiger partial charge in [-0.2, -0.15) is 0 Å². The van der Waals surface area contributed by atoms with E-state index >= 15 is 0 Å². The first kappa shape index (κ1) is 13.7. The van der Waals surface area contributed by atoms with Crippen LogP contribution in [0, 0.1) is 6.92 Å². The minimum atomic E-state index is -1.66. The lowest BCUT2D eigenvalue weighted by Crippen LogP contribution is -2.34. The highest BCUT2D eigenvalue weighted by Gasteiger charge is 2.29. The lowest BCUT2D eigenvalue weighted by Gasteiger charge is -2.19. The fourth-order valence-corrected chi connectivity index (χ4v) is 1.35. The van der Waals surface area contributed by atoms with Gasteiger partial charge in [0.1, 0.15) is 35.4 Å². The monoisotopic (exact) mass is 246 g/mol. The maximum Gasteiger partial charge on any atom is 0.339 e. The third kappa shape index (κ3) is 2.83. The van der Waals surface area contributed by atoms with Gasteiger partial charge in [0.05, 0.1) is 6.61 Å². The van der Waals surface area contributed by atoms with Gasteiger partial charge in [0, 0.05) is 0 Å². The average molecular weight is 246 g/mol. The molecule has 1 aromatic rings. The SMILES string of the molecule is Cc1oc([C@@H](O)[C@@H](O)[C@H](O)CO)cc1C(=O)O. The molecule has 3 atom stereocenters. The molecule has 1 heterocycles. The summed E-state index contributed by atoms with van der Waals surface area (Å²) in [4.78, 5) is 10.7. The minimum Gasteiger partial charge on any atom is -0.478 e. The van der Waals surface area contributed by atoms with Crippen molar-refractivity contribution in [3.63, 3.8) is 0 Å². The second kappa shape index (κ2) is 5.28. The van der Waals surface area contributed by atoms with Crippen molar-refractivity contribution >= 4 is 5.97 Å². The van der Waals surface area contributed by atoms with Crippen LogP contribution in [-0.2, 0) is 0 Å². The maximum absolute atomic E-state index is 10.7. The van der Waals surface area contributed by atoms with Crippen molar-refractivity contribution in [1.29, 1.82) is 0 Å². The van der Waals surface area contributed by atoms with E-state index in [4.69, 9.17) is 19.7 Å². The first-order valence-electron chi connectivity index (χ1n) is 4.87. The second-order valence-corrected chi connectivity index (χ2v) is 3.61. The van der Waals surface area contributed by atoms with Crippen molar-refractivity contribution in [2.45, 2.75) is 25.2 Å². The Labute approximate surface area is 96.5 Å². The summed E-state index contributed by atoms with van der Waals surface area (Å²) in [5.74, 6) is -1.32. The molecule has 1 rings (SSSR count). The molecule has 0 saturated heterocycles. The van der Waals surface area contributed by atoms with Crippen LogP contribution in [0.15, 0.2) is 10.5 Å². The molecule has 0 aromatic carbocycles. The van der Waals surface area contributed by atoms with Crippen LogP contribution in [0.4, 0.5) is 0 Å². The zero-order chi connectivity index (χ0) is 13.2. The highest BCUT2D eigenvalue weighted by atomic mass is 16.4. The van der Waals surface area contributed by atoms with Gasteiger partial charge >= 0.3 is 5.97 Å². The Morgan fingerprint density at radius 3 is 2.41 bits per heavy atom. The molecule has 0 radical (unpaired) electrons. The van der Waals surface area contributed by atoms with Gasteiger partial charge in [-0.05, 0) is 13.0 Å². The Morgan fingerprint density at radius 2 is 2.00 bits per heavy atom. The zero-order valence-electron chi connectivity index (χ0n) is 9.07. The highest BCUT2D eigenvalue weighted by molar-refractivity contribution is 5.88. The molecule has 0 saturated carbocycles. The van der Waals surface area contributed by atoms with Crippen molar-refractivity contribution in [2.24, 2.45) is 0 Å². The molecular formula is C10H14O7. The Morgan fingerprint density at radius 1 is 1.41 bits per heavy atom. The van der Waals surface area contributed by atoms with Crippen molar-refractivity contribution in [2.75, 3.05) is 6.61 Å². The zero-order valence-corrected chi connectivity index (χ0v) is 9.07. The van der Waals surface area contributed by atoms with E-state index < -0.39 is 30.9 Å². The van der Waals surface area contributed by atoms with Crippen LogP contribution in [0.25, 0.3) is 0 Å². The summed E-state index contributed by atoms with van der Waals surface area (Å²) >= 11 is 0. The first-order valence-corrected chi connectivity index (χ1v) is 4.87. The number of carbonyl (C=O) groups is 1. The van der Waals surface area contributed by atoms with Crippen LogP contribution >= 0.6 is 0 Å². The van der Waals surface area contributed by atoms with Crippen molar-refractivity contribution in [3.05, 3.63) is 23.2 Å². The molecule has 0 amide bonds. The molecule has 7 nitrogen and oxygen atoms in total. The van der Waals surface area contributed by atoms with E-state index in [0.29, 0.717) is 0 Å². The largest absolute Gasteiger partial charge is 0.478 e. The minimum absolute atomic E-state index is 0.0808. The molecule has 0 fully saturated rings. The number of aliphatic hydroxyl groups is 4. The van der Waals surface area contributed by atoms with E-state index in [1.165, 1.54) is 6.92 Å². The number of rotatable bonds is 5. The van der Waals surface area contributed by atoms with Gasteiger partial charge in [-0.3, -0.25) is 0 Å². The molecule has 1 aromatic heterocycles. The van der Waals surface area contributed by atoms with Crippen LogP contribution < -0.4 is 0 Å².